The van der Waals surface area contributed by atoms with Crippen LogP contribution in [0.25, 0.3) is 0 Å². The predicted molar refractivity (Wildman–Crippen MR) is 70.4 cm³/mol. The highest BCUT2D eigenvalue weighted by atomic mass is 32.1. The summed E-state index contributed by atoms with van der Waals surface area (Å²) in [7, 11) is 0. The first kappa shape index (κ1) is 12.6. The average Bonchev–Trinajstić information content (AvgIpc) is 2.20. The van der Waals surface area contributed by atoms with Gasteiger partial charge < -0.3 is 11.1 Å². The van der Waals surface area contributed by atoms with Crippen LogP contribution in [0, 0.1) is 12.8 Å². The van der Waals surface area contributed by atoms with Crippen LogP contribution in [0.2, 0.25) is 0 Å². The van der Waals surface area contributed by atoms with Crippen LogP contribution >= 0.6 is 12.2 Å². The van der Waals surface area contributed by atoms with Crippen molar-refractivity contribution >= 4 is 28.8 Å². The Morgan fingerprint density at radius 1 is 1.50 bits per heavy atom. The van der Waals surface area contributed by atoms with E-state index in [9.17, 15) is 4.79 Å². The molecule has 1 aromatic carbocycles. The molecule has 16 heavy (non-hydrogen) atoms. The van der Waals surface area contributed by atoms with Crippen LogP contribution in [0.5, 0.6) is 0 Å². The molecule has 1 atom stereocenters. The van der Waals surface area contributed by atoms with Crippen LogP contribution in [0.4, 0.5) is 5.69 Å². The lowest BCUT2D eigenvalue weighted by Gasteiger charge is -2.12. The summed E-state index contributed by atoms with van der Waals surface area (Å²) in [5, 5.41) is 2.86. The number of thiocarbonyl (C=S) groups is 1. The van der Waals surface area contributed by atoms with Gasteiger partial charge in [-0.2, -0.15) is 0 Å². The molecule has 0 aromatic heterocycles. The topological polar surface area (TPSA) is 55.1 Å². The summed E-state index contributed by atoms with van der Waals surface area (Å²) in [6.45, 7) is 3.76. The molecule has 1 aromatic rings. The molecule has 0 heterocycles. The van der Waals surface area contributed by atoms with Crippen LogP contribution < -0.4 is 11.1 Å². The Hall–Kier alpha value is -1.42. The van der Waals surface area contributed by atoms with E-state index in [1.165, 1.54) is 0 Å². The number of carbonyl (C=O) groups excluding carboxylic acids is 1. The number of amides is 1. The maximum atomic E-state index is 11.8. The minimum atomic E-state index is -0.197. The van der Waals surface area contributed by atoms with Crippen molar-refractivity contribution in [3.05, 3.63) is 29.8 Å². The van der Waals surface area contributed by atoms with Crippen LogP contribution in [0.3, 0.4) is 0 Å². The fourth-order valence-corrected chi connectivity index (χ4v) is 1.61. The maximum absolute atomic E-state index is 11.8. The van der Waals surface area contributed by atoms with E-state index in [-0.39, 0.29) is 11.8 Å². The summed E-state index contributed by atoms with van der Waals surface area (Å²) in [6.07, 6.45) is 0.438. The van der Waals surface area contributed by atoms with E-state index in [2.05, 4.69) is 5.32 Å². The van der Waals surface area contributed by atoms with Gasteiger partial charge >= 0.3 is 0 Å². The number of anilines is 1. The van der Waals surface area contributed by atoms with Crippen molar-refractivity contribution in [1.29, 1.82) is 0 Å². The molecule has 0 spiro atoms. The lowest BCUT2D eigenvalue weighted by molar-refractivity contribution is -0.119. The zero-order chi connectivity index (χ0) is 12.1. The molecule has 0 aliphatic heterocycles. The van der Waals surface area contributed by atoms with Crippen molar-refractivity contribution in [3.63, 3.8) is 0 Å². The van der Waals surface area contributed by atoms with Gasteiger partial charge in [-0.15, -0.1) is 0 Å². The second-order valence-corrected chi connectivity index (χ2v) is 4.40. The van der Waals surface area contributed by atoms with E-state index >= 15 is 0 Å². The van der Waals surface area contributed by atoms with Crippen molar-refractivity contribution in [3.8, 4) is 0 Å². The molecule has 86 valence electrons. The molecule has 0 saturated carbocycles. The molecule has 1 unspecified atom stereocenters. The average molecular weight is 236 g/mol. The SMILES string of the molecule is Cc1ccccc1NC(=O)C(C)CC(N)=S. The highest BCUT2D eigenvalue weighted by Crippen LogP contribution is 2.15. The van der Waals surface area contributed by atoms with Gasteiger partial charge in [-0.25, -0.2) is 0 Å². The third-order valence-electron chi connectivity index (χ3n) is 2.36. The van der Waals surface area contributed by atoms with Gasteiger partial charge in [0.1, 0.15) is 0 Å². The highest BCUT2D eigenvalue weighted by Gasteiger charge is 2.14. The van der Waals surface area contributed by atoms with Crippen molar-refractivity contribution in [2.24, 2.45) is 11.7 Å². The molecular weight excluding hydrogens is 220 g/mol. The predicted octanol–water partition coefficient (Wildman–Crippen LogP) is 2.25. The smallest absolute Gasteiger partial charge is 0.227 e. The number of carbonyl (C=O) groups is 1. The number of rotatable bonds is 4. The first-order valence-corrected chi connectivity index (χ1v) is 5.56. The van der Waals surface area contributed by atoms with Crippen molar-refractivity contribution in [2.75, 3.05) is 5.32 Å². The second kappa shape index (κ2) is 5.61. The van der Waals surface area contributed by atoms with E-state index in [1.54, 1.807) is 0 Å². The van der Waals surface area contributed by atoms with Gasteiger partial charge in [0.15, 0.2) is 0 Å². The normalized spacial score (nSPS) is 11.9. The summed E-state index contributed by atoms with van der Waals surface area (Å²) >= 11 is 4.78. The molecule has 0 radical (unpaired) electrons. The van der Waals surface area contributed by atoms with Gasteiger partial charge in [-0.3, -0.25) is 4.79 Å². The van der Waals surface area contributed by atoms with E-state index in [4.69, 9.17) is 18.0 Å². The summed E-state index contributed by atoms with van der Waals surface area (Å²) < 4.78 is 0. The molecule has 3 N–H and O–H groups in total. The van der Waals surface area contributed by atoms with Crippen LogP contribution in [0.15, 0.2) is 24.3 Å². The summed E-state index contributed by atoms with van der Waals surface area (Å²) in [5.74, 6) is -0.251. The van der Waals surface area contributed by atoms with E-state index in [0.29, 0.717) is 11.4 Å². The molecule has 0 fully saturated rings. The van der Waals surface area contributed by atoms with Gasteiger partial charge in [0.2, 0.25) is 5.91 Å². The van der Waals surface area contributed by atoms with Crippen LogP contribution in [0.1, 0.15) is 18.9 Å². The number of hydrogen-bond acceptors (Lipinski definition) is 2. The molecule has 1 rings (SSSR count). The number of hydrogen-bond donors (Lipinski definition) is 2. The maximum Gasteiger partial charge on any atom is 0.227 e. The van der Waals surface area contributed by atoms with Gasteiger partial charge in [-0.05, 0) is 18.6 Å². The monoisotopic (exact) mass is 236 g/mol. The fraction of sp³-hybridized carbons (Fsp3) is 0.333. The minimum Gasteiger partial charge on any atom is -0.393 e. The number of benzene rings is 1. The van der Waals surface area contributed by atoms with Gasteiger partial charge in [0, 0.05) is 18.0 Å². The molecule has 0 bridgehead atoms. The van der Waals surface area contributed by atoms with Gasteiger partial charge in [-0.1, -0.05) is 37.3 Å². The Balaban J connectivity index is 2.64. The van der Waals surface area contributed by atoms with E-state index < -0.39 is 0 Å². The molecular formula is C12H16N2OS. The zero-order valence-electron chi connectivity index (χ0n) is 9.49. The standard InChI is InChI=1S/C12H16N2OS/c1-8-5-3-4-6-10(8)14-12(15)9(2)7-11(13)16/h3-6,9H,7H2,1-2H3,(H2,13,16)(H,14,15). The molecule has 0 saturated heterocycles. The Morgan fingerprint density at radius 3 is 2.69 bits per heavy atom. The number of para-hydroxylation sites is 1. The van der Waals surface area contributed by atoms with E-state index in [0.717, 1.165) is 11.3 Å². The van der Waals surface area contributed by atoms with Crippen molar-refractivity contribution < 1.29 is 4.79 Å². The zero-order valence-corrected chi connectivity index (χ0v) is 10.3. The molecule has 3 nitrogen and oxygen atoms in total. The lowest BCUT2D eigenvalue weighted by Crippen LogP contribution is -2.25. The first-order chi connectivity index (χ1) is 7.50. The van der Waals surface area contributed by atoms with Crippen LogP contribution in [-0.4, -0.2) is 10.9 Å². The number of nitrogens with two attached hydrogens (primary N) is 1. The van der Waals surface area contributed by atoms with Gasteiger partial charge in [0.25, 0.3) is 0 Å². The van der Waals surface area contributed by atoms with Gasteiger partial charge in [0.05, 0.1) is 4.99 Å². The fourth-order valence-electron chi connectivity index (χ4n) is 1.36. The molecule has 0 aliphatic carbocycles. The number of nitrogens with one attached hydrogen (secondary N) is 1. The summed E-state index contributed by atoms with van der Waals surface area (Å²) in [4.78, 5) is 12.1. The lowest BCUT2D eigenvalue weighted by atomic mass is 10.1. The van der Waals surface area contributed by atoms with Crippen LogP contribution in [-0.2, 0) is 4.79 Å². The first-order valence-electron chi connectivity index (χ1n) is 5.15. The third kappa shape index (κ3) is 3.62. The second-order valence-electron chi connectivity index (χ2n) is 3.88. The molecule has 1 amide bonds. The molecule has 0 aliphatic rings. The van der Waals surface area contributed by atoms with E-state index in [1.807, 2.05) is 38.1 Å². The largest absolute Gasteiger partial charge is 0.393 e. The third-order valence-corrected chi connectivity index (χ3v) is 2.52. The van der Waals surface area contributed by atoms with Crippen molar-refractivity contribution in [2.45, 2.75) is 20.3 Å². The Morgan fingerprint density at radius 2 is 2.12 bits per heavy atom. The quantitative estimate of drug-likeness (QED) is 0.788. The Kier molecular flexibility index (Phi) is 4.43. The highest BCUT2D eigenvalue weighted by molar-refractivity contribution is 7.80. The van der Waals surface area contributed by atoms with Crippen molar-refractivity contribution in [1.82, 2.24) is 0 Å². The Bertz CT molecular complexity index is 404. The Labute approximate surface area is 101 Å². The summed E-state index contributed by atoms with van der Waals surface area (Å²) in [6, 6.07) is 7.65. The molecule has 4 heteroatoms. The minimum absolute atomic E-state index is 0.0536. The summed E-state index contributed by atoms with van der Waals surface area (Å²) in [5.41, 5.74) is 7.28. The number of aryl methyl sites for hydroxylation is 1.